The van der Waals surface area contributed by atoms with Gasteiger partial charge in [-0.25, -0.2) is 10.2 Å². The third kappa shape index (κ3) is 5.09. The maximum atomic E-state index is 12.8. The first-order chi connectivity index (χ1) is 13.4. The van der Waals surface area contributed by atoms with Crippen LogP contribution in [-0.4, -0.2) is 23.5 Å². The molecular formula is C19H15Cl2N3O4. The number of carbonyl (C=O) groups excluding carboxylic acids is 3. The maximum Gasteiger partial charge on any atom is 0.355 e. The standard InChI is InChI=1S/C19H15Cl2N3O4/c20-12-8-13(21)10-14(9-12)22-18(26)17(11-4-2-1-3-5-11)28-19(27)15-6-7-16(25)24-23-15/h1-5,8-10,17H,6-7H2,(H,22,26)(H,24,25)/t17-/m0/s1. The Morgan fingerprint density at radius 1 is 1.07 bits per heavy atom. The lowest BCUT2D eigenvalue weighted by Gasteiger charge is -2.19. The second-order valence-electron chi connectivity index (χ2n) is 5.94. The first kappa shape index (κ1) is 19.9. The van der Waals surface area contributed by atoms with Crippen LogP contribution in [-0.2, 0) is 19.1 Å². The van der Waals surface area contributed by atoms with Crippen molar-refractivity contribution in [2.24, 2.45) is 5.10 Å². The van der Waals surface area contributed by atoms with Gasteiger partial charge < -0.3 is 10.1 Å². The van der Waals surface area contributed by atoms with E-state index in [1.165, 1.54) is 18.2 Å². The third-order valence-corrected chi connectivity index (χ3v) is 4.27. The van der Waals surface area contributed by atoms with Crippen LogP contribution in [0.2, 0.25) is 10.0 Å². The molecule has 1 aliphatic heterocycles. The van der Waals surface area contributed by atoms with E-state index >= 15 is 0 Å². The molecule has 0 unspecified atom stereocenters. The fourth-order valence-corrected chi connectivity index (χ4v) is 3.06. The number of halogens is 2. The molecule has 1 atom stereocenters. The lowest BCUT2D eigenvalue weighted by molar-refractivity contribution is -0.148. The van der Waals surface area contributed by atoms with Crippen molar-refractivity contribution in [3.63, 3.8) is 0 Å². The highest BCUT2D eigenvalue weighted by atomic mass is 35.5. The monoisotopic (exact) mass is 419 g/mol. The number of nitrogens with zero attached hydrogens (tertiary/aromatic N) is 1. The van der Waals surface area contributed by atoms with Gasteiger partial charge in [0.1, 0.15) is 5.71 Å². The van der Waals surface area contributed by atoms with Crippen LogP contribution in [0.4, 0.5) is 5.69 Å². The quantitative estimate of drug-likeness (QED) is 0.724. The van der Waals surface area contributed by atoms with E-state index in [4.69, 9.17) is 27.9 Å². The van der Waals surface area contributed by atoms with E-state index in [9.17, 15) is 14.4 Å². The van der Waals surface area contributed by atoms with Crippen LogP contribution in [0.15, 0.2) is 53.6 Å². The lowest BCUT2D eigenvalue weighted by atomic mass is 10.1. The summed E-state index contributed by atoms with van der Waals surface area (Å²) < 4.78 is 5.41. The van der Waals surface area contributed by atoms with E-state index in [0.717, 1.165) is 0 Å². The number of nitrogens with one attached hydrogen (secondary N) is 2. The van der Waals surface area contributed by atoms with Crippen molar-refractivity contribution >= 4 is 52.4 Å². The Morgan fingerprint density at radius 3 is 2.36 bits per heavy atom. The van der Waals surface area contributed by atoms with Crippen LogP contribution in [0.1, 0.15) is 24.5 Å². The van der Waals surface area contributed by atoms with Crippen molar-refractivity contribution in [3.8, 4) is 0 Å². The minimum atomic E-state index is -1.23. The summed E-state index contributed by atoms with van der Waals surface area (Å²) in [6.07, 6.45) is -0.971. The Kier molecular flexibility index (Phi) is 6.28. The molecule has 2 aromatic rings. The fourth-order valence-electron chi connectivity index (χ4n) is 2.53. The van der Waals surface area contributed by atoms with Gasteiger partial charge in [-0.2, -0.15) is 5.10 Å². The SMILES string of the molecule is O=C1CCC(C(=O)O[C@H](C(=O)Nc2cc(Cl)cc(Cl)c2)c2ccccc2)=NN1. The summed E-state index contributed by atoms with van der Waals surface area (Å²) in [6, 6.07) is 13.1. The van der Waals surface area contributed by atoms with Crippen molar-refractivity contribution in [1.82, 2.24) is 5.43 Å². The molecule has 28 heavy (non-hydrogen) atoms. The van der Waals surface area contributed by atoms with Gasteiger partial charge in [-0.05, 0) is 18.2 Å². The average Bonchev–Trinajstić information content (AvgIpc) is 2.66. The summed E-state index contributed by atoms with van der Waals surface area (Å²) in [6.45, 7) is 0. The Bertz CT molecular complexity index is 927. The van der Waals surface area contributed by atoms with Crippen LogP contribution in [0.25, 0.3) is 0 Å². The number of amides is 2. The number of hydrazone groups is 1. The number of hydrogen-bond donors (Lipinski definition) is 2. The number of rotatable bonds is 5. The maximum absolute atomic E-state index is 12.8. The van der Waals surface area contributed by atoms with Crippen LogP contribution in [0, 0.1) is 0 Å². The van der Waals surface area contributed by atoms with E-state index in [-0.39, 0.29) is 24.5 Å². The zero-order valence-corrected chi connectivity index (χ0v) is 16.0. The first-order valence-electron chi connectivity index (χ1n) is 8.30. The molecule has 9 heteroatoms. The zero-order valence-electron chi connectivity index (χ0n) is 14.4. The Labute approximate surface area is 170 Å². The number of benzene rings is 2. The summed E-state index contributed by atoms with van der Waals surface area (Å²) >= 11 is 11.9. The summed E-state index contributed by atoms with van der Waals surface area (Å²) in [5, 5.41) is 7.04. The Morgan fingerprint density at radius 2 is 1.75 bits per heavy atom. The summed E-state index contributed by atoms with van der Waals surface area (Å²) in [7, 11) is 0. The molecule has 0 aromatic heterocycles. The van der Waals surface area contributed by atoms with Gasteiger partial charge in [-0.3, -0.25) is 9.59 Å². The van der Waals surface area contributed by atoms with Crippen molar-refractivity contribution in [1.29, 1.82) is 0 Å². The second-order valence-corrected chi connectivity index (χ2v) is 6.81. The molecular weight excluding hydrogens is 405 g/mol. The van der Waals surface area contributed by atoms with E-state index in [1.807, 2.05) is 0 Å². The topological polar surface area (TPSA) is 96.9 Å². The second kappa shape index (κ2) is 8.86. The van der Waals surface area contributed by atoms with Crippen LogP contribution >= 0.6 is 23.2 Å². The number of hydrogen-bond acceptors (Lipinski definition) is 5. The zero-order chi connectivity index (χ0) is 20.1. The van der Waals surface area contributed by atoms with E-state index < -0.39 is 18.0 Å². The van der Waals surface area contributed by atoms with Gasteiger partial charge in [-0.15, -0.1) is 0 Å². The van der Waals surface area contributed by atoms with Crippen LogP contribution in [0.3, 0.4) is 0 Å². The van der Waals surface area contributed by atoms with E-state index in [0.29, 0.717) is 21.3 Å². The molecule has 7 nitrogen and oxygen atoms in total. The van der Waals surface area contributed by atoms with Crippen molar-refractivity contribution in [3.05, 3.63) is 64.1 Å². The molecule has 2 amide bonds. The average molecular weight is 420 g/mol. The molecule has 144 valence electrons. The molecule has 0 fully saturated rings. The fraction of sp³-hybridized carbons (Fsp3) is 0.158. The normalized spacial score (nSPS) is 14.5. The van der Waals surface area contributed by atoms with Crippen molar-refractivity contribution < 1.29 is 19.1 Å². The number of anilines is 1. The predicted molar refractivity (Wildman–Crippen MR) is 105 cm³/mol. The molecule has 0 radical (unpaired) electrons. The number of ether oxygens (including phenoxy) is 1. The smallest absolute Gasteiger partial charge is 0.355 e. The summed E-state index contributed by atoms with van der Waals surface area (Å²) in [4.78, 5) is 36.4. The number of esters is 1. The highest BCUT2D eigenvalue weighted by Gasteiger charge is 2.28. The lowest BCUT2D eigenvalue weighted by Crippen LogP contribution is -2.33. The Hall–Kier alpha value is -2.90. The van der Waals surface area contributed by atoms with Gasteiger partial charge in [0.2, 0.25) is 12.0 Å². The largest absolute Gasteiger partial charge is 0.443 e. The van der Waals surface area contributed by atoms with Gasteiger partial charge in [0.05, 0.1) is 0 Å². The predicted octanol–water partition coefficient (Wildman–Crippen LogP) is 3.48. The molecule has 3 rings (SSSR count). The molecule has 0 aliphatic carbocycles. The minimum Gasteiger partial charge on any atom is -0.443 e. The molecule has 1 aliphatic rings. The molecule has 0 saturated heterocycles. The van der Waals surface area contributed by atoms with Crippen molar-refractivity contribution in [2.45, 2.75) is 18.9 Å². The van der Waals surface area contributed by atoms with Gasteiger partial charge in [0, 0.05) is 34.1 Å². The Balaban J connectivity index is 1.82. The molecule has 1 heterocycles. The summed E-state index contributed by atoms with van der Waals surface area (Å²) in [5.74, 6) is -1.65. The molecule has 0 saturated carbocycles. The molecule has 0 bridgehead atoms. The van der Waals surface area contributed by atoms with Gasteiger partial charge in [-0.1, -0.05) is 53.5 Å². The highest BCUT2D eigenvalue weighted by Crippen LogP contribution is 2.25. The molecule has 2 N–H and O–H groups in total. The van der Waals surface area contributed by atoms with Crippen LogP contribution in [0.5, 0.6) is 0 Å². The number of carbonyl (C=O) groups is 3. The van der Waals surface area contributed by atoms with Crippen molar-refractivity contribution in [2.75, 3.05) is 5.32 Å². The van der Waals surface area contributed by atoms with Gasteiger partial charge in [0.15, 0.2) is 0 Å². The first-order valence-corrected chi connectivity index (χ1v) is 9.06. The third-order valence-electron chi connectivity index (χ3n) is 3.84. The molecule has 2 aromatic carbocycles. The summed E-state index contributed by atoms with van der Waals surface area (Å²) in [5.41, 5.74) is 3.10. The van der Waals surface area contributed by atoms with E-state index in [1.54, 1.807) is 30.3 Å². The van der Waals surface area contributed by atoms with Gasteiger partial charge in [0.25, 0.3) is 5.91 Å². The van der Waals surface area contributed by atoms with E-state index in [2.05, 4.69) is 15.8 Å². The molecule has 0 spiro atoms. The highest BCUT2D eigenvalue weighted by molar-refractivity contribution is 6.37. The van der Waals surface area contributed by atoms with Gasteiger partial charge >= 0.3 is 5.97 Å². The minimum absolute atomic E-state index is 0.0409. The van der Waals surface area contributed by atoms with Crippen LogP contribution < -0.4 is 10.7 Å².